The van der Waals surface area contributed by atoms with Crippen LogP contribution in [-0.4, -0.2) is 24.9 Å². The molecular weight excluding hydrogens is 430 g/mol. The molecule has 0 saturated carbocycles. The molecule has 0 fully saturated rings. The van der Waals surface area contributed by atoms with Crippen molar-refractivity contribution in [2.75, 3.05) is 18.1 Å². The summed E-state index contributed by atoms with van der Waals surface area (Å²) in [7, 11) is 0. The number of hydrogen-bond donors (Lipinski definition) is 0. The maximum absolute atomic E-state index is 6.04. The number of amidine groups is 1. The van der Waals surface area contributed by atoms with Crippen molar-refractivity contribution in [3.63, 3.8) is 0 Å². The van der Waals surface area contributed by atoms with Gasteiger partial charge in [0.25, 0.3) is 0 Å². The number of aryl methyl sites for hydroxylation is 1. The summed E-state index contributed by atoms with van der Waals surface area (Å²) >= 11 is 0. The highest BCUT2D eigenvalue weighted by Gasteiger charge is 2.29. The lowest BCUT2D eigenvalue weighted by molar-refractivity contribution is 0.320. The van der Waals surface area contributed by atoms with Gasteiger partial charge in [0.15, 0.2) is 0 Å². The van der Waals surface area contributed by atoms with Crippen LogP contribution in [0.3, 0.4) is 0 Å². The Morgan fingerprint density at radius 1 is 0.686 bits per heavy atom. The van der Waals surface area contributed by atoms with E-state index in [2.05, 4.69) is 103 Å². The minimum atomic E-state index is 0.0326. The van der Waals surface area contributed by atoms with E-state index in [0.717, 1.165) is 29.2 Å². The highest BCUT2D eigenvalue weighted by atomic mass is 16.5. The molecule has 35 heavy (non-hydrogen) atoms. The lowest BCUT2D eigenvalue weighted by Crippen LogP contribution is -2.28. The van der Waals surface area contributed by atoms with Crippen molar-refractivity contribution >= 4 is 17.4 Å². The van der Waals surface area contributed by atoms with Gasteiger partial charge in [-0.3, -0.25) is 4.99 Å². The number of ether oxygens (including phenoxy) is 1. The molecule has 0 aromatic heterocycles. The normalized spacial score (nSPS) is 19.3. The van der Waals surface area contributed by atoms with E-state index in [1.165, 1.54) is 16.7 Å². The summed E-state index contributed by atoms with van der Waals surface area (Å²) in [6, 6.07) is 38.1. The molecule has 6 rings (SSSR count). The fourth-order valence-corrected chi connectivity index (χ4v) is 4.72. The van der Waals surface area contributed by atoms with Crippen molar-refractivity contribution in [3.05, 3.63) is 137 Å². The van der Waals surface area contributed by atoms with E-state index >= 15 is 0 Å². The van der Waals surface area contributed by atoms with Gasteiger partial charge in [-0.15, -0.1) is 0 Å². The first-order valence-electron chi connectivity index (χ1n) is 12.1. The molecule has 0 N–H and O–H groups in total. The second kappa shape index (κ2) is 9.22. The molecule has 0 unspecified atom stereocenters. The maximum Gasteiger partial charge on any atom is 0.216 e. The smallest absolute Gasteiger partial charge is 0.216 e. The topological polar surface area (TPSA) is 37.2 Å². The van der Waals surface area contributed by atoms with Crippen molar-refractivity contribution in [2.45, 2.75) is 19.0 Å². The first kappa shape index (κ1) is 21.4. The molecule has 2 aliphatic rings. The lowest BCUT2D eigenvalue weighted by Gasteiger charge is -2.22. The van der Waals surface area contributed by atoms with E-state index < -0.39 is 0 Å². The zero-order valence-electron chi connectivity index (χ0n) is 19.7. The van der Waals surface area contributed by atoms with Gasteiger partial charge in [0.05, 0.1) is 12.6 Å². The fraction of sp³-hybridized carbons (Fsp3) is 0.161. The Labute approximate surface area is 206 Å². The highest BCUT2D eigenvalue weighted by Crippen LogP contribution is 2.32. The van der Waals surface area contributed by atoms with Crippen LogP contribution in [0, 0.1) is 6.92 Å². The molecule has 4 nitrogen and oxygen atoms in total. The number of hydrogen-bond acceptors (Lipinski definition) is 4. The Balaban J connectivity index is 1.35. The van der Waals surface area contributed by atoms with Gasteiger partial charge in [0.1, 0.15) is 18.5 Å². The highest BCUT2D eigenvalue weighted by molar-refractivity contribution is 6.12. The number of benzene rings is 4. The van der Waals surface area contributed by atoms with Gasteiger partial charge in [0.2, 0.25) is 5.90 Å². The summed E-state index contributed by atoms with van der Waals surface area (Å²) in [5.41, 5.74) is 6.85. The Morgan fingerprint density at radius 2 is 1.34 bits per heavy atom. The van der Waals surface area contributed by atoms with Gasteiger partial charge >= 0.3 is 0 Å². The molecule has 0 radical (unpaired) electrons. The standard InChI is InChI=1S/C31H27N3O/c1-22-15-17-27(18-16-22)34-20-28(23-9-4-2-5-10-23)32-30(34)25-13-8-14-26(19-25)31-33-29(21-35-31)24-11-6-3-7-12-24/h2-19,28-29H,20-21H2,1H3/t28-,29-/m1/s1. The molecule has 0 aliphatic carbocycles. The van der Waals surface area contributed by atoms with E-state index in [9.17, 15) is 0 Å². The quantitative estimate of drug-likeness (QED) is 0.342. The molecule has 4 heteroatoms. The van der Waals surface area contributed by atoms with E-state index in [1.54, 1.807) is 0 Å². The van der Waals surface area contributed by atoms with Crippen LogP contribution in [0.4, 0.5) is 5.69 Å². The average molecular weight is 458 g/mol. The van der Waals surface area contributed by atoms with Crippen molar-refractivity contribution < 1.29 is 4.74 Å². The first-order valence-corrected chi connectivity index (χ1v) is 12.1. The van der Waals surface area contributed by atoms with Crippen LogP contribution in [0.1, 0.15) is 39.9 Å². The summed E-state index contributed by atoms with van der Waals surface area (Å²) in [5, 5.41) is 0. The molecule has 4 aromatic carbocycles. The van der Waals surface area contributed by atoms with Crippen LogP contribution in [0.15, 0.2) is 119 Å². The van der Waals surface area contributed by atoms with Gasteiger partial charge in [-0.05, 0) is 42.3 Å². The fourth-order valence-electron chi connectivity index (χ4n) is 4.72. The van der Waals surface area contributed by atoms with Crippen molar-refractivity contribution in [3.8, 4) is 0 Å². The molecule has 172 valence electrons. The average Bonchev–Trinajstić information content (AvgIpc) is 3.59. The Morgan fingerprint density at radius 3 is 2.06 bits per heavy atom. The molecule has 0 spiro atoms. The van der Waals surface area contributed by atoms with Crippen LogP contribution in [0.25, 0.3) is 0 Å². The Hall–Kier alpha value is -4.18. The number of anilines is 1. The molecule has 2 heterocycles. The third-order valence-electron chi connectivity index (χ3n) is 6.62. The van der Waals surface area contributed by atoms with Crippen LogP contribution >= 0.6 is 0 Å². The summed E-state index contributed by atoms with van der Waals surface area (Å²) < 4.78 is 6.04. The lowest BCUT2D eigenvalue weighted by atomic mass is 10.1. The molecule has 0 amide bonds. The maximum atomic E-state index is 6.04. The molecule has 2 atom stereocenters. The van der Waals surface area contributed by atoms with Gasteiger partial charge in [-0.2, -0.15) is 0 Å². The minimum absolute atomic E-state index is 0.0326. The van der Waals surface area contributed by atoms with Gasteiger partial charge in [-0.25, -0.2) is 4.99 Å². The third kappa shape index (κ3) is 4.35. The second-order valence-corrected chi connectivity index (χ2v) is 9.08. The van der Waals surface area contributed by atoms with E-state index in [0.29, 0.717) is 12.5 Å². The predicted octanol–water partition coefficient (Wildman–Crippen LogP) is 6.52. The number of rotatable bonds is 5. The molecule has 4 aromatic rings. The van der Waals surface area contributed by atoms with Crippen LogP contribution in [0.2, 0.25) is 0 Å². The number of nitrogens with zero attached hydrogens (tertiary/aromatic N) is 3. The van der Waals surface area contributed by atoms with Crippen molar-refractivity contribution in [2.24, 2.45) is 9.98 Å². The SMILES string of the molecule is Cc1ccc(N2C[C@H](c3ccccc3)N=C2c2cccc(C3=N[C@@H](c4ccccc4)CO3)c2)cc1. The Bertz CT molecular complexity index is 1380. The first-order chi connectivity index (χ1) is 17.2. The zero-order chi connectivity index (χ0) is 23.6. The second-order valence-electron chi connectivity index (χ2n) is 9.08. The zero-order valence-corrected chi connectivity index (χ0v) is 19.7. The molecule has 0 saturated heterocycles. The largest absolute Gasteiger partial charge is 0.475 e. The van der Waals surface area contributed by atoms with E-state index in [4.69, 9.17) is 14.7 Å². The summed E-state index contributed by atoms with van der Waals surface area (Å²) in [5.74, 6) is 1.67. The van der Waals surface area contributed by atoms with Crippen LogP contribution in [-0.2, 0) is 4.74 Å². The van der Waals surface area contributed by atoms with Crippen molar-refractivity contribution in [1.29, 1.82) is 0 Å². The summed E-state index contributed by atoms with van der Waals surface area (Å²) in [6.07, 6.45) is 0. The predicted molar refractivity (Wildman–Crippen MR) is 142 cm³/mol. The van der Waals surface area contributed by atoms with Crippen LogP contribution < -0.4 is 4.90 Å². The van der Waals surface area contributed by atoms with E-state index in [-0.39, 0.29) is 12.1 Å². The van der Waals surface area contributed by atoms with E-state index in [1.807, 2.05) is 18.2 Å². The Kier molecular flexibility index (Phi) is 5.63. The summed E-state index contributed by atoms with van der Waals surface area (Å²) in [6.45, 7) is 3.49. The number of aliphatic imine (C=N–C) groups is 2. The van der Waals surface area contributed by atoms with Gasteiger partial charge in [0, 0.05) is 16.8 Å². The third-order valence-corrected chi connectivity index (χ3v) is 6.62. The van der Waals surface area contributed by atoms with Gasteiger partial charge in [-0.1, -0.05) is 90.5 Å². The van der Waals surface area contributed by atoms with Crippen molar-refractivity contribution in [1.82, 2.24) is 0 Å². The van der Waals surface area contributed by atoms with Crippen LogP contribution in [0.5, 0.6) is 0 Å². The van der Waals surface area contributed by atoms with Gasteiger partial charge < -0.3 is 9.64 Å². The monoisotopic (exact) mass is 457 g/mol. The molecule has 2 aliphatic heterocycles. The molecule has 0 bridgehead atoms. The summed E-state index contributed by atoms with van der Waals surface area (Å²) in [4.78, 5) is 12.4. The molecular formula is C31H27N3O. The minimum Gasteiger partial charge on any atom is -0.475 e.